The maximum absolute atomic E-state index is 11.1. The second kappa shape index (κ2) is 8.05. The summed E-state index contributed by atoms with van der Waals surface area (Å²) in [4.78, 5) is 26.1. The molecule has 1 atom stereocenters. The average molecular weight is 364 g/mol. The van der Waals surface area contributed by atoms with Crippen molar-refractivity contribution in [3.8, 4) is 6.01 Å². The smallest absolute Gasteiger partial charge is 0.407 e. The maximum Gasteiger partial charge on any atom is 0.407 e. The summed E-state index contributed by atoms with van der Waals surface area (Å²) in [5.41, 5.74) is 2.13. The van der Waals surface area contributed by atoms with E-state index in [1.54, 1.807) is 0 Å². The average Bonchev–Trinajstić information content (AvgIpc) is 2.60. The Balaban J connectivity index is 1.81. The van der Waals surface area contributed by atoms with E-state index >= 15 is 0 Å². The van der Waals surface area contributed by atoms with Gasteiger partial charge in [0, 0.05) is 44.8 Å². The molecule has 0 aliphatic carbocycles. The molecule has 144 valence electrons. The molecule has 1 aromatic rings. The van der Waals surface area contributed by atoms with Gasteiger partial charge >= 0.3 is 12.1 Å². The highest BCUT2D eigenvalue weighted by molar-refractivity contribution is 5.65. The van der Waals surface area contributed by atoms with E-state index in [0.717, 1.165) is 36.6 Å². The predicted octanol–water partition coefficient (Wildman–Crippen LogP) is 0.251. The third-order valence-corrected chi connectivity index (χ3v) is 4.67. The fourth-order valence-electron chi connectivity index (χ4n) is 3.47. The number of anilines is 1. The normalized spacial score (nSPS) is 18.6. The van der Waals surface area contributed by atoms with Crippen LogP contribution in [0.2, 0.25) is 0 Å². The Morgan fingerprint density at radius 1 is 1.31 bits per heavy atom. The number of rotatable bonds is 5. The summed E-state index contributed by atoms with van der Waals surface area (Å²) in [5, 5.41) is 12.5. The van der Waals surface area contributed by atoms with Gasteiger partial charge in [0.05, 0.1) is 5.69 Å². The Morgan fingerprint density at radius 3 is 2.69 bits per heavy atom. The van der Waals surface area contributed by atoms with Gasteiger partial charge in [-0.1, -0.05) is 0 Å². The van der Waals surface area contributed by atoms with Crippen molar-refractivity contribution in [2.45, 2.75) is 26.0 Å². The van der Waals surface area contributed by atoms with E-state index in [4.69, 9.17) is 14.8 Å². The molecule has 3 heterocycles. The molecule has 1 aromatic heterocycles. The first kappa shape index (κ1) is 18.7. The molecule has 0 aromatic carbocycles. The molecule has 2 aliphatic rings. The minimum atomic E-state index is -0.861. The summed E-state index contributed by atoms with van der Waals surface area (Å²) in [7, 11) is 4.01. The van der Waals surface area contributed by atoms with E-state index in [1.165, 1.54) is 4.90 Å². The molecule has 0 spiro atoms. The molecule has 9 nitrogen and oxygen atoms in total. The number of hydrogen-bond acceptors (Lipinski definition) is 7. The van der Waals surface area contributed by atoms with Crippen LogP contribution in [0.4, 0.5) is 10.6 Å². The molecule has 1 fully saturated rings. The number of piperazine rings is 1. The summed E-state index contributed by atoms with van der Waals surface area (Å²) in [5.74, 6) is 0.897. The van der Waals surface area contributed by atoms with Crippen LogP contribution in [0, 0.1) is 0 Å². The zero-order chi connectivity index (χ0) is 18.7. The van der Waals surface area contributed by atoms with Crippen molar-refractivity contribution in [2.75, 3.05) is 58.3 Å². The number of hydrogen-bond donors (Lipinski definition) is 2. The second-order valence-corrected chi connectivity index (χ2v) is 7.13. The van der Waals surface area contributed by atoms with E-state index in [9.17, 15) is 4.79 Å². The third kappa shape index (κ3) is 4.34. The number of fused-ring (bicyclic) bond motifs is 1. The summed E-state index contributed by atoms with van der Waals surface area (Å²) in [6.07, 6.45) is -0.00596. The molecule has 1 saturated heterocycles. The van der Waals surface area contributed by atoms with Crippen molar-refractivity contribution in [2.24, 2.45) is 0 Å². The van der Waals surface area contributed by atoms with Gasteiger partial charge in [-0.25, -0.2) is 4.79 Å². The number of nitrogens with one attached hydrogen (secondary N) is 1. The van der Waals surface area contributed by atoms with Gasteiger partial charge in [0.2, 0.25) is 0 Å². The molecular weight excluding hydrogens is 336 g/mol. The lowest BCUT2D eigenvalue weighted by molar-refractivity contribution is 0.142. The van der Waals surface area contributed by atoms with Crippen molar-refractivity contribution in [3.05, 3.63) is 11.3 Å². The quantitative estimate of drug-likeness (QED) is 0.768. The third-order valence-electron chi connectivity index (χ3n) is 4.67. The Bertz CT molecular complexity index is 646. The number of aromatic nitrogens is 2. The van der Waals surface area contributed by atoms with E-state index in [-0.39, 0.29) is 6.10 Å². The van der Waals surface area contributed by atoms with Gasteiger partial charge in [0.15, 0.2) is 0 Å². The SMILES string of the molecule is CC(CN(C)C)Oc1nc2c(c(N3CCN(C(=O)O)CC3)n1)CCNC2. The molecule has 0 bridgehead atoms. The van der Waals surface area contributed by atoms with Crippen molar-refractivity contribution in [3.63, 3.8) is 0 Å². The van der Waals surface area contributed by atoms with Crippen LogP contribution in [-0.4, -0.2) is 90.4 Å². The fourth-order valence-corrected chi connectivity index (χ4v) is 3.47. The van der Waals surface area contributed by atoms with Gasteiger partial charge < -0.3 is 29.9 Å². The summed E-state index contributed by atoms with van der Waals surface area (Å²) >= 11 is 0. The molecule has 3 rings (SSSR count). The first-order valence-electron chi connectivity index (χ1n) is 9.08. The predicted molar refractivity (Wildman–Crippen MR) is 97.9 cm³/mol. The number of carbonyl (C=O) groups is 1. The summed E-state index contributed by atoms with van der Waals surface area (Å²) in [6, 6.07) is 0.400. The molecule has 9 heteroatoms. The lowest BCUT2D eigenvalue weighted by Crippen LogP contribution is -2.49. The molecule has 1 amide bonds. The number of likely N-dealkylation sites (N-methyl/N-ethyl adjacent to an activating group) is 1. The number of ether oxygens (including phenoxy) is 1. The van der Waals surface area contributed by atoms with Gasteiger partial charge in [-0.05, 0) is 34.0 Å². The van der Waals surface area contributed by atoms with Crippen LogP contribution in [0.15, 0.2) is 0 Å². The molecule has 2 N–H and O–H groups in total. The molecule has 0 radical (unpaired) electrons. The van der Waals surface area contributed by atoms with E-state index in [2.05, 4.69) is 20.1 Å². The first-order valence-corrected chi connectivity index (χ1v) is 9.08. The molecule has 1 unspecified atom stereocenters. The highest BCUT2D eigenvalue weighted by Gasteiger charge is 2.27. The van der Waals surface area contributed by atoms with Gasteiger partial charge in [0.25, 0.3) is 0 Å². The number of nitrogens with zero attached hydrogens (tertiary/aromatic N) is 5. The largest absolute Gasteiger partial charge is 0.465 e. The first-order chi connectivity index (χ1) is 12.4. The highest BCUT2D eigenvalue weighted by atomic mass is 16.5. The zero-order valence-corrected chi connectivity index (χ0v) is 15.7. The monoisotopic (exact) mass is 364 g/mol. The molecule has 26 heavy (non-hydrogen) atoms. The van der Waals surface area contributed by atoms with Crippen molar-refractivity contribution >= 4 is 11.9 Å². The van der Waals surface area contributed by atoms with Crippen LogP contribution < -0.4 is 15.0 Å². The molecule has 2 aliphatic heterocycles. The maximum atomic E-state index is 11.1. The zero-order valence-electron chi connectivity index (χ0n) is 15.7. The lowest BCUT2D eigenvalue weighted by atomic mass is 10.1. The van der Waals surface area contributed by atoms with Crippen LogP contribution in [0.25, 0.3) is 0 Å². The van der Waals surface area contributed by atoms with Crippen LogP contribution in [0.5, 0.6) is 6.01 Å². The summed E-state index contributed by atoms with van der Waals surface area (Å²) < 4.78 is 5.96. The lowest BCUT2D eigenvalue weighted by Gasteiger charge is -2.35. The Morgan fingerprint density at radius 2 is 2.04 bits per heavy atom. The standard InChI is InChI=1S/C17H28N6O3/c1-12(11-21(2)3)26-16-19-14-10-18-5-4-13(14)15(20-16)22-6-8-23(9-7-22)17(24)25/h12,18H,4-11H2,1-3H3,(H,24,25). The minimum Gasteiger partial charge on any atom is -0.465 e. The van der Waals surface area contributed by atoms with Gasteiger partial charge in [-0.2, -0.15) is 9.97 Å². The molecule has 0 saturated carbocycles. The van der Waals surface area contributed by atoms with Crippen LogP contribution in [-0.2, 0) is 13.0 Å². The Hall–Kier alpha value is -2.13. The van der Waals surface area contributed by atoms with E-state index in [0.29, 0.717) is 38.7 Å². The van der Waals surface area contributed by atoms with E-state index in [1.807, 2.05) is 21.0 Å². The van der Waals surface area contributed by atoms with Crippen LogP contribution in [0.3, 0.4) is 0 Å². The highest BCUT2D eigenvalue weighted by Crippen LogP contribution is 2.27. The van der Waals surface area contributed by atoms with Crippen LogP contribution >= 0.6 is 0 Å². The van der Waals surface area contributed by atoms with Crippen molar-refractivity contribution < 1.29 is 14.6 Å². The van der Waals surface area contributed by atoms with Gasteiger partial charge in [-0.15, -0.1) is 0 Å². The van der Waals surface area contributed by atoms with Gasteiger partial charge in [-0.3, -0.25) is 0 Å². The Kier molecular flexibility index (Phi) is 5.77. The fraction of sp³-hybridized carbons (Fsp3) is 0.706. The minimum absolute atomic E-state index is 0.0173. The summed E-state index contributed by atoms with van der Waals surface area (Å²) in [6.45, 7) is 6.64. The Labute approximate surface area is 154 Å². The molecular formula is C17H28N6O3. The second-order valence-electron chi connectivity index (χ2n) is 7.13. The number of amides is 1. The van der Waals surface area contributed by atoms with E-state index < -0.39 is 6.09 Å². The topological polar surface area (TPSA) is 94.1 Å². The van der Waals surface area contributed by atoms with Crippen molar-refractivity contribution in [1.82, 2.24) is 25.1 Å². The van der Waals surface area contributed by atoms with Crippen LogP contribution in [0.1, 0.15) is 18.2 Å². The van der Waals surface area contributed by atoms with Crippen molar-refractivity contribution in [1.29, 1.82) is 0 Å². The van der Waals surface area contributed by atoms with Gasteiger partial charge in [0.1, 0.15) is 11.9 Å². The number of carboxylic acid groups (broad SMARTS) is 1.